The van der Waals surface area contributed by atoms with Crippen LogP contribution in [0.15, 0.2) is 23.4 Å². The van der Waals surface area contributed by atoms with Gasteiger partial charge < -0.3 is 10.4 Å². The van der Waals surface area contributed by atoms with Gasteiger partial charge in [-0.2, -0.15) is 15.8 Å². The smallest absolute Gasteiger partial charge is 0.163 e. The van der Waals surface area contributed by atoms with Crippen LogP contribution in [0.1, 0.15) is 5.56 Å². The molecule has 0 heterocycles. The van der Waals surface area contributed by atoms with E-state index in [1.165, 1.54) is 13.0 Å². The van der Waals surface area contributed by atoms with Gasteiger partial charge in [0.2, 0.25) is 0 Å². The molecule has 0 spiro atoms. The summed E-state index contributed by atoms with van der Waals surface area (Å²) in [7, 11) is 0. The number of aromatic hydroxyl groups is 1. The number of halogens is 1. The molecule has 0 aliphatic carbocycles. The number of nitrogens with one attached hydrogen (secondary N) is 1. The summed E-state index contributed by atoms with van der Waals surface area (Å²) in [4.78, 5) is 0. The lowest BCUT2D eigenvalue weighted by atomic mass is 10.1. The van der Waals surface area contributed by atoms with Crippen molar-refractivity contribution in [2.75, 3.05) is 5.32 Å². The molecule has 0 radical (unpaired) electrons. The molecule has 0 atom stereocenters. The van der Waals surface area contributed by atoms with Gasteiger partial charge in [0.25, 0.3) is 0 Å². The van der Waals surface area contributed by atoms with Gasteiger partial charge in [0.15, 0.2) is 5.57 Å². The van der Waals surface area contributed by atoms with Gasteiger partial charge >= 0.3 is 0 Å². The molecule has 2 N–H and O–H groups in total. The van der Waals surface area contributed by atoms with E-state index in [0.717, 1.165) is 6.07 Å². The van der Waals surface area contributed by atoms with Crippen molar-refractivity contribution in [2.24, 2.45) is 0 Å². The standard InChI is InChI=1S/C12H7FN4O/c1-7-9(13)2-3-10(12(7)18)17-11(6-16)8(4-14)5-15/h2-3,17-18H,1H3. The zero-order valence-electron chi connectivity index (χ0n) is 9.32. The molecule has 0 unspecified atom stereocenters. The summed E-state index contributed by atoms with van der Waals surface area (Å²) in [5, 5.41) is 38.1. The molecule has 0 saturated carbocycles. The molecule has 0 bridgehead atoms. The fourth-order valence-electron chi connectivity index (χ4n) is 1.19. The molecule has 6 heteroatoms. The molecule has 0 saturated heterocycles. The van der Waals surface area contributed by atoms with E-state index in [1.54, 1.807) is 18.2 Å². The maximum Gasteiger partial charge on any atom is 0.163 e. The monoisotopic (exact) mass is 242 g/mol. The predicted octanol–water partition coefficient (Wildman–Crippen LogP) is 2.08. The molecule has 5 nitrogen and oxygen atoms in total. The van der Waals surface area contributed by atoms with Crippen LogP contribution in [0, 0.1) is 46.7 Å². The average molecular weight is 242 g/mol. The maximum absolute atomic E-state index is 13.1. The molecule has 1 aromatic carbocycles. The summed E-state index contributed by atoms with van der Waals surface area (Å²) in [5.74, 6) is -0.973. The van der Waals surface area contributed by atoms with E-state index < -0.39 is 11.4 Å². The minimum atomic E-state index is -0.596. The lowest BCUT2D eigenvalue weighted by Gasteiger charge is -2.09. The zero-order valence-corrected chi connectivity index (χ0v) is 9.32. The summed E-state index contributed by atoms with van der Waals surface area (Å²) in [6.45, 7) is 1.36. The summed E-state index contributed by atoms with van der Waals surface area (Å²) in [6, 6.07) is 7.04. The van der Waals surface area contributed by atoms with Crippen molar-refractivity contribution >= 4 is 5.69 Å². The highest BCUT2D eigenvalue weighted by Crippen LogP contribution is 2.30. The number of hydrogen-bond donors (Lipinski definition) is 2. The van der Waals surface area contributed by atoms with Crippen molar-refractivity contribution in [2.45, 2.75) is 6.92 Å². The van der Waals surface area contributed by atoms with Crippen molar-refractivity contribution in [3.8, 4) is 24.0 Å². The minimum absolute atomic E-state index is 0.00718. The van der Waals surface area contributed by atoms with E-state index in [0.29, 0.717) is 0 Å². The highest BCUT2D eigenvalue weighted by Gasteiger charge is 2.12. The van der Waals surface area contributed by atoms with Gasteiger partial charge in [0.1, 0.15) is 35.5 Å². The van der Waals surface area contributed by atoms with Crippen LogP contribution in [-0.2, 0) is 0 Å². The molecular weight excluding hydrogens is 235 g/mol. The Balaban J connectivity index is 3.26. The first-order valence-electron chi connectivity index (χ1n) is 4.74. The number of phenols is 1. The van der Waals surface area contributed by atoms with Crippen LogP contribution < -0.4 is 5.32 Å². The maximum atomic E-state index is 13.1. The third-order valence-corrected chi connectivity index (χ3v) is 2.21. The molecule has 0 aliphatic rings. The molecular formula is C12H7FN4O. The Morgan fingerprint density at radius 2 is 1.83 bits per heavy atom. The average Bonchev–Trinajstić information content (AvgIpc) is 2.38. The van der Waals surface area contributed by atoms with Crippen LogP contribution in [0.5, 0.6) is 5.75 Å². The van der Waals surface area contributed by atoms with Gasteiger partial charge in [-0.25, -0.2) is 4.39 Å². The van der Waals surface area contributed by atoms with Gasteiger partial charge in [-0.1, -0.05) is 0 Å². The van der Waals surface area contributed by atoms with E-state index in [2.05, 4.69) is 5.32 Å². The summed E-state index contributed by atoms with van der Waals surface area (Å²) in [6.07, 6.45) is 0. The number of nitriles is 3. The highest BCUT2D eigenvalue weighted by atomic mass is 19.1. The number of rotatable bonds is 2. The zero-order chi connectivity index (χ0) is 13.7. The normalized spacial score (nSPS) is 8.61. The van der Waals surface area contributed by atoms with Gasteiger partial charge in [-0.15, -0.1) is 0 Å². The first-order chi connectivity index (χ1) is 8.54. The second-order valence-electron chi connectivity index (χ2n) is 3.28. The van der Waals surface area contributed by atoms with E-state index in [-0.39, 0.29) is 22.7 Å². The fourth-order valence-corrected chi connectivity index (χ4v) is 1.19. The molecule has 0 aliphatic heterocycles. The van der Waals surface area contributed by atoms with Crippen molar-refractivity contribution < 1.29 is 9.50 Å². The fraction of sp³-hybridized carbons (Fsp3) is 0.0833. The van der Waals surface area contributed by atoms with Crippen molar-refractivity contribution in [3.63, 3.8) is 0 Å². The van der Waals surface area contributed by atoms with Crippen LogP contribution in [0.2, 0.25) is 0 Å². The van der Waals surface area contributed by atoms with Crippen molar-refractivity contribution in [1.29, 1.82) is 15.8 Å². The highest BCUT2D eigenvalue weighted by molar-refractivity contribution is 5.66. The quantitative estimate of drug-likeness (QED) is 0.610. The molecule has 0 amide bonds. The molecule has 1 aromatic rings. The van der Waals surface area contributed by atoms with E-state index >= 15 is 0 Å². The Morgan fingerprint density at radius 1 is 1.22 bits per heavy atom. The lowest BCUT2D eigenvalue weighted by Crippen LogP contribution is -2.02. The Morgan fingerprint density at radius 3 is 2.33 bits per heavy atom. The number of anilines is 1. The Labute approximate surface area is 103 Å². The molecule has 0 aromatic heterocycles. The van der Waals surface area contributed by atoms with Crippen LogP contribution in [0.3, 0.4) is 0 Å². The second kappa shape index (κ2) is 5.34. The third kappa shape index (κ3) is 2.37. The SMILES string of the molecule is Cc1c(F)ccc(NC(C#N)=C(C#N)C#N)c1O. The molecule has 88 valence electrons. The second-order valence-corrected chi connectivity index (χ2v) is 3.28. The van der Waals surface area contributed by atoms with Crippen LogP contribution in [0.4, 0.5) is 10.1 Å². The van der Waals surface area contributed by atoms with E-state index in [9.17, 15) is 9.50 Å². The molecule has 18 heavy (non-hydrogen) atoms. The van der Waals surface area contributed by atoms with Crippen molar-refractivity contribution in [3.05, 3.63) is 34.8 Å². The lowest BCUT2D eigenvalue weighted by molar-refractivity contribution is 0.465. The minimum Gasteiger partial charge on any atom is -0.505 e. The number of phenolic OH excluding ortho intramolecular Hbond substituents is 1. The third-order valence-electron chi connectivity index (χ3n) is 2.21. The van der Waals surface area contributed by atoms with Crippen LogP contribution in [-0.4, -0.2) is 5.11 Å². The number of nitrogens with zero attached hydrogens (tertiary/aromatic N) is 3. The van der Waals surface area contributed by atoms with E-state index in [1.807, 2.05) is 0 Å². The van der Waals surface area contributed by atoms with E-state index in [4.69, 9.17) is 15.8 Å². The largest absolute Gasteiger partial charge is 0.505 e. The first kappa shape index (κ1) is 13.0. The summed E-state index contributed by atoms with van der Waals surface area (Å²) >= 11 is 0. The van der Waals surface area contributed by atoms with Crippen LogP contribution >= 0.6 is 0 Å². The number of allylic oxidation sites excluding steroid dienone is 2. The van der Waals surface area contributed by atoms with Gasteiger partial charge in [-0.3, -0.25) is 0 Å². The van der Waals surface area contributed by atoms with Gasteiger partial charge in [0, 0.05) is 5.56 Å². The van der Waals surface area contributed by atoms with Crippen molar-refractivity contribution in [1.82, 2.24) is 0 Å². The van der Waals surface area contributed by atoms with Gasteiger partial charge in [0.05, 0.1) is 5.69 Å². The Hall–Kier alpha value is -3.04. The molecule has 1 rings (SSSR count). The topological polar surface area (TPSA) is 104 Å². The number of hydrogen-bond acceptors (Lipinski definition) is 5. The predicted molar refractivity (Wildman–Crippen MR) is 60.3 cm³/mol. The summed E-state index contributed by atoms with van der Waals surface area (Å²) in [5.41, 5.74) is -0.665. The Bertz CT molecular complexity index is 628. The summed E-state index contributed by atoms with van der Waals surface area (Å²) < 4.78 is 13.1. The number of benzene rings is 1. The van der Waals surface area contributed by atoms with Crippen LogP contribution in [0.25, 0.3) is 0 Å². The van der Waals surface area contributed by atoms with Gasteiger partial charge in [-0.05, 0) is 19.1 Å². The Kier molecular flexibility index (Phi) is 3.86. The molecule has 0 fully saturated rings. The first-order valence-corrected chi connectivity index (χ1v) is 4.74.